The van der Waals surface area contributed by atoms with E-state index in [9.17, 15) is 13.2 Å². The Labute approximate surface area is 156 Å². The number of rotatable bonds is 3. The molecule has 0 aliphatic heterocycles. The highest BCUT2D eigenvalue weighted by atomic mass is 32.2. The molecule has 0 saturated carbocycles. The van der Waals surface area contributed by atoms with Crippen molar-refractivity contribution in [1.29, 1.82) is 0 Å². The van der Waals surface area contributed by atoms with Gasteiger partial charge in [-0.2, -0.15) is 4.99 Å². The van der Waals surface area contributed by atoms with Gasteiger partial charge in [-0.3, -0.25) is 4.79 Å². The van der Waals surface area contributed by atoms with Crippen LogP contribution < -0.4 is 4.80 Å². The second-order valence-corrected chi connectivity index (χ2v) is 9.50. The Morgan fingerprint density at radius 1 is 1.15 bits per heavy atom. The number of aryl methyl sites for hydroxylation is 3. The Kier molecular flexibility index (Phi) is 4.86. The van der Waals surface area contributed by atoms with Crippen LogP contribution >= 0.6 is 11.3 Å². The summed E-state index contributed by atoms with van der Waals surface area (Å²) in [5.41, 5.74) is 3.74. The first-order chi connectivity index (χ1) is 12.2. The zero-order valence-electron chi connectivity index (χ0n) is 15.1. The van der Waals surface area contributed by atoms with Crippen LogP contribution in [-0.4, -0.2) is 24.6 Å². The third-order valence-electron chi connectivity index (χ3n) is 4.27. The van der Waals surface area contributed by atoms with E-state index in [-0.39, 0.29) is 16.6 Å². The van der Waals surface area contributed by atoms with Crippen molar-refractivity contribution >= 4 is 37.3 Å². The van der Waals surface area contributed by atoms with Crippen LogP contribution in [0.4, 0.5) is 0 Å². The van der Waals surface area contributed by atoms with Crippen molar-refractivity contribution in [2.45, 2.75) is 25.7 Å². The molecule has 7 heteroatoms. The molecular weight excluding hydrogens is 368 g/mol. The van der Waals surface area contributed by atoms with Crippen LogP contribution in [-0.2, 0) is 16.9 Å². The van der Waals surface area contributed by atoms with Crippen LogP contribution in [0.1, 0.15) is 28.4 Å². The fourth-order valence-electron chi connectivity index (χ4n) is 2.91. The number of sulfone groups is 1. The second kappa shape index (κ2) is 6.81. The minimum absolute atomic E-state index is 0.0288. The quantitative estimate of drug-likeness (QED) is 0.691. The van der Waals surface area contributed by atoms with Crippen LogP contribution in [0.3, 0.4) is 0 Å². The molecule has 0 unspecified atom stereocenters. The number of thiazole rings is 1. The highest BCUT2D eigenvalue weighted by Gasteiger charge is 2.13. The zero-order valence-corrected chi connectivity index (χ0v) is 16.7. The van der Waals surface area contributed by atoms with E-state index in [4.69, 9.17) is 0 Å². The summed E-state index contributed by atoms with van der Waals surface area (Å²) in [5.74, 6) is -0.358. The maximum Gasteiger partial charge on any atom is 0.279 e. The van der Waals surface area contributed by atoms with E-state index in [1.165, 1.54) is 41.2 Å². The molecule has 0 saturated heterocycles. The molecule has 0 radical (unpaired) electrons. The molecule has 1 amide bonds. The molecule has 0 atom stereocenters. The Bertz CT molecular complexity index is 1170. The fraction of sp³-hybridized carbons (Fsp3) is 0.263. The maximum atomic E-state index is 12.5. The molecule has 0 bridgehead atoms. The lowest BCUT2D eigenvalue weighted by atomic mass is 10.1. The summed E-state index contributed by atoms with van der Waals surface area (Å²) in [7, 11) is -1.38. The van der Waals surface area contributed by atoms with Crippen molar-refractivity contribution in [3.63, 3.8) is 0 Å². The van der Waals surface area contributed by atoms with Crippen LogP contribution in [0.15, 0.2) is 46.3 Å². The van der Waals surface area contributed by atoms with E-state index >= 15 is 0 Å². The first-order valence-electron chi connectivity index (χ1n) is 8.21. The maximum absolute atomic E-state index is 12.5. The summed E-state index contributed by atoms with van der Waals surface area (Å²) in [5, 5.41) is 0. The van der Waals surface area contributed by atoms with E-state index in [1.807, 2.05) is 25.5 Å². The number of hydrogen-bond donors (Lipinski definition) is 0. The van der Waals surface area contributed by atoms with Gasteiger partial charge in [-0.25, -0.2) is 8.42 Å². The Morgan fingerprint density at radius 3 is 2.42 bits per heavy atom. The van der Waals surface area contributed by atoms with Gasteiger partial charge in [-0.1, -0.05) is 24.3 Å². The number of carbonyl (C=O) groups is 1. The van der Waals surface area contributed by atoms with Crippen molar-refractivity contribution in [3.05, 3.63) is 57.9 Å². The van der Waals surface area contributed by atoms with Crippen LogP contribution in [0.5, 0.6) is 0 Å². The SMILES string of the molecule is CCS(=O)(=O)c1ccc(C(=O)N=c2sc3cc(C)cc(C)c3n2C)cc1. The van der Waals surface area contributed by atoms with Gasteiger partial charge in [0.05, 0.1) is 20.9 Å². The van der Waals surface area contributed by atoms with E-state index in [0.29, 0.717) is 10.4 Å². The van der Waals surface area contributed by atoms with E-state index < -0.39 is 9.84 Å². The van der Waals surface area contributed by atoms with Gasteiger partial charge in [0.2, 0.25) is 0 Å². The van der Waals surface area contributed by atoms with E-state index in [0.717, 1.165) is 15.8 Å². The highest BCUT2D eigenvalue weighted by Crippen LogP contribution is 2.22. The number of carbonyl (C=O) groups excluding carboxylic acids is 1. The molecule has 136 valence electrons. The molecule has 1 aromatic heterocycles. The molecule has 0 fully saturated rings. The average molecular weight is 389 g/mol. The van der Waals surface area contributed by atoms with Crippen LogP contribution in [0.25, 0.3) is 10.2 Å². The number of aromatic nitrogens is 1. The third kappa shape index (κ3) is 3.37. The molecule has 1 heterocycles. The van der Waals surface area contributed by atoms with E-state index in [2.05, 4.69) is 17.1 Å². The smallest absolute Gasteiger partial charge is 0.279 e. The topological polar surface area (TPSA) is 68.5 Å². The second-order valence-electron chi connectivity index (χ2n) is 6.22. The molecule has 0 aliphatic carbocycles. The highest BCUT2D eigenvalue weighted by molar-refractivity contribution is 7.91. The Balaban J connectivity index is 2.03. The Morgan fingerprint density at radius 2 is 1.81 bits per heavy atom. The summed E-state index contributed by atoms with van der Waals surface area (Å²) in [6.07, 6.45) is 0. The van der Waals surface area contributed by atoms with Crippen molar-refractivity contribution in [2.24, 2.45) is 12.0 Å². The van der Waals surface area contributed by atoms with Crippen molar-refractivity contribution < 1.29 is 13.2 Å². The summed E-state index contributed by atoms with van der Waals surface area (Å²) < 4.78 is 26.7. The molecular formula is C19H20N2O3S2. The van der Waals surface area contributed by atoms with Gasteiger partial charge >= 0.3 is 0 Å². The minimum Gasteiger partial charge on any atom is -0.319 e. The fourth-order valence-corrected chi connectivity index (χ4v) is 4.99. The minimum atomic E-state index is -3.28. The predicted octanol–water partition coefficient (Wildman–Crippen LogP) is 3.39. The number of hydrogen-bond acceptors (Lipinski definition) is 4. The summed E-state index contributed by atoms with van der Waals surface area (Å²) in [6.45, 7) is 5.68. The number of fused-ring (bicyclic) bond motifs is 1. The van der Waals surface area contributed by atoms with Crippen molar-refractivity contribution in [3.8, 4) is 0 Å². The van der Waals surface area contributed by atoms with Gasteiger partial charge in [0.1, 0.15) is 0 Å². The molecule has 0 N–H and O–H groups in total. The standard InChI is InChI=1S/C19H20N2O3S2/c1-5-26(23,24)15-8-6-14(7-9-15)18(22)20-19-21(4)17-13(3)10-12(2)11-16(17)25-19/h6-11H,5H2,1-4H3. The zero-order chi connectivity index (χ0) is 19.1. The van der Waals surface area contributed by atoms with Crippen molar-refractivity contribution in [1.82, 2.24) is 4.57 Å². The molecule has 0 aliphatic rings. The van der Waals surface area contributed by atoms with Gasteiger partial charge in [0.25, 0.3) is 5.91 Å². The number of amides is 1. The predicted molar refractivity (Wildman–Crippen MR) is 104 cm³/mol. The van der Waals surface area contributed by atoms with Gasteiger partial charge < -0.3 is 4.57 Å². The van der Waals surface area contributed by atoms with Crippen molar-refractivity contribution in [2.75, 3.05) is 5.75 Å². The van der Waals surface area contributed by atoms with Crippen LogP contribution in [0, 0.1) is 13.8 Å². The Hall–Kier alpha value is -2.25. The van der Waals surface area contributed by atoms with Gasteiger partial charge in [0, 0.05) is 12.6 Å². The van der Waals surface area contributed by atoms with E-state index in [1.54, 1.807) is 6.92 Å². The molecule has 3 aromatic rings. The lowest BCUT2D eigenvalue weighted by molar-refractivity contribution is 0.0998. The molecule has 2 aromatic carbocycles. The lowest BCUT2D eigenvalue weighted by Crippen LogP contribution is -2.13. The number of benzene rings is 2. The largest absolute Gasteiger partial charge is 0.319 e. The summed E-state index contributed by atoms with van der Waals surface area (Å²) in [6, 6.07) is 10.1. The van der Waals surface area contributed by atoms with Gasteiger partial charge in [-0.05, 0) is 55.3 Å². The number of nitrogens with zero attached hydrogens (tertiary/aromatic N) is 2. The van der Waals surface area contributed by atoms with Gasteiger partial charge in [-0.15, -0.1) is 0 Å². The van der Waals surface area contributed by atoms with Crippen LogP contribution in [0.2, 0.25) is 0 Å². The van der Waals surface area contributed by atoms with Gasteiger partial charge in [0.15, 0.2) is 14.6 Å². The molecule has 3 rings (SSSR count). The first-order valence-corrected chi connectivity index (χ1v) is 10.7. The lowest BCUT2D eigenvalue weighted by Gasteiger charge is -2.02. The normalized spacial score (nSPS) is 12.7. The molecule has 5 nitrogen and oxygen atoms in total. The monoisotopic (exact) mass is 388 g/mol. The molecule has 26 heavy (non-hydrogen) atoms. The third-order valence-corrected chi connectivity index (χ3v) is 7.10. The average Bonchev–Trinajstić information content (AvgIpc) is 2.90. The molecule has 0 spiro atoms. The first kappa shape index (κ1) is 18.5. The summed E-state index contributed by atoms with van der Waals surface area (Å²) >= 11 is 1.47. The summed E-state index contributed by atoms with van der Waals surface area (Å²) in [4.78, 5) is 17.6.